The summed E-state index contributed by atoms with van der Waals surface area (Å²) >= 11 is 0. The van der Waals surface area contributed by atoms with E-state index in [2.05, 4.69) is 55.6 Å². The van der Waals surface area contributed by atoms with Crippen LogP contribution in [0, 0.1) is 12.8 Å². The molecule has 1 fully saturated rings. The minimum atomic E-state index is -0.448. The number of rotatable bonds is 8. The lowest BCUT2D eigenvalue weighted by atomic mass is 9.86. The third-order valence-corrected chi connectivity index (χ3v) is 5.83. The van der Waals surface area contributed by atoms with Crippen LogP contribution in [0.4, 0.5) is 0 Å². The van der Waals surface area contributed by atoms with Crippen molar-refractivity contribution in [2.75, 3.05) is 13.2 Å². The zero-order valence-corrected chi connectivity index (χ0v) is 16.7. The molecule has 3 nitrogen and oxygen atoms in total. The van der Waals surface area contributed by atoms with E-state index in [0.29, 0.717) is 19.2 Å². The van der Waals surface area contributed by atoms with Crippen LogP contribution >= 0.6 is 0 Å². The SMILES string of the molecule is Cc1ccc([C@@H](OC[C@@H](O)C[NH2+][C@@H]2CCCC[C@@H]2C)c2ccccc2)cc1. The standard InChI is InChI=1S/C24H33NO2/c1-18-12-14-21(15-13-18)24(20-9-4-3-5-10-20)27-17-22(26)16-25-23-11-7-6-8-19(23)2/h3-5,9-10,12-15,19,22-26H,6-8,11,16-17H2,1-2H3/p+1/t19-,22-,23+,24-/m0/s1. The zero-order valence-electron chi connectivity index (χ0n) is 16.7. The molecule has 0 aliphatic heterocycles. The molecule has 146 valence electrons. The Balaban J connectivity index is 1.58. The second-order valence-corrected chi connectivity index (χ2v) is 8.09. The van der Waals surface area contributed by atoms with Crippen LogP contribution in [-0.4, -0.2) is 30.4 Å². The van der Waals surface area contributed by atoms with E-state index < -0.39 is 6.10 Å². The van der Waals surface area contributed by atoms with Crippen molar-refractivity contribution in [2.45, 2.75) is 57.8 Å². The lowest BCUT2D eigenvalue weighted by molar-refractivity contribution is -0.703. The van der Waals surface area contributed by atoms with Crippen LogP contribution in [0.15, 0.2) is 54.6 Å². The highest BCUT2D eigenvalue weighted by molar-refractivity contribution is 5.31. The van der Waals surface area contributed by atoms with Crippen LogP contribution < -0.4 is 5.32 Å². The number of hydrogen-bond acceptors (Lipinski definition) is 2. The molecule has 3 heteroatoms. The molecule has 1 aliphatic rings. The predicted molar refractivity (Wildman–Crippen MR) is 110 cm³/mol. The summed E-state index contributed by atoms with van der Waals surface area (Å²) < 4.78 is 6.21. The normalized spacial score (nSPS) is 22.3. The average molecular weight is 369 g/mol. The molecule has 0 unspecified atom stereocenters. The summed E-state index contributed by atoms with van der Waals surface area (Å²) in [6, 6.07) is 19.4. The maximum Gasteiger partial charge on any atom is 0.126 e. The fraction of sp³-hybridized carbons (Fsp3) is 0.500. The molecule has 0 heterocycles. The molecule has 0 amide bonds. The van der Waals surface area contributed by atoms with Gasteiger partial charge in [-0.1, -0.05) is 73.5 Å². The summed E-state index contributed by atoms with van der Waals surface area (Å²) in [5.74, 6) is 0.747. The number of quaternary nitrogens is 1. The van der Waals surface area contributed by atoms with Crippen molar-refractivity contribution in [3.05, 3.63) is 71.3 Å². The Hall–Kier alpha value is -1.68. The molecule has 2 aromatic carbocycles. The summed E-state index contributed by atoms with van der Waals surface area (Å²) in [6.07, 6.45) is 4.67. The van der Waals surface area contributed by atoms with Gasteiger partial charge in [0.15, 0.2) is 0 Å². The van der Waals surface area contributed by atoms with Crippen LogP contribution in [0.1, 0.15) is 55.4 Å². The van der Waals surface area contributed by atoms with E-state index in [1.807, 2.05) is 18.2 Å². The van der Waals surface area contributed by atoms with Crippen molar-refractivity contribution in [3.63, 3.8) is 0 Å². The van der Waals surface area contributed by atoms with Crippen LogP contribution in [0.2, 0.25) is 0 Å². The van der Waals surface area contributed by atoms with Crippen LogP contribution in [0.5, 0.6) is 0 Å². The smallest absolute Gasteiger partial charge is 0.126 e. The van der Waals surface area contributed by atoms with Gasteiger partial charge in [0.2, 0.25) is 0 Å². The van der Waals surface area contributed by atoms with Gasteiger partial charge >= 0.3 is 0 Å². The van der Waals surface area contributed by atoms with Gasteiger partial charge in [-0.2, -0.15) is 0 Å². The molecule has 0 aromatic heterocycles. The minimum Gasteiger partial charge on any atom is -0.385 e. The molecule has 0 bridgehead atoms. The third-order valence-electron chi connectivity index (χ3n) is 5.83. The van der Waals surface area contributed by atoms with Crippen molar-refractivity contribution in [1.82, 2.24) is 0 Å². The second-order valence-electron chi connectivity index (χ2n) is 8.09. The predicted octanol–water partition coefficient (Wildman–Crippen LogP) is 3.60. The van der Waals surface area contributed by atoms with Crippen LogP contribution in [-0.2, 0) is 4.74 Å². The highest BCUT2D eigenvalue weighted by Gasteiger charge is 2.25. The summed E-state index contributed by atoms with van der Waals surface area (Å²) in [7, 11) is 0. The summed E-state index contributed by atoms with van der Waals surface area (Å²) in [5, 5.41) is 12.8. The van der Waals surface area contributed by atoms with Gasteiger partial charge in [-0.05, 0) is 37.3 Å². The molecular weight excluding hydrogens is 334 g/mol. The van der Waals surface area contributed by atoms with Crippen LogP contribution in [0.3, 0.4) is 0 Å². The van der Waals surface area contributed by atoms with E-state index in [-0.39, 0.29) is 6.10 Å². The Morgan fingerprint density at radius 3 is 2.37 bits per heavy atom. The van der Waals surface area contributed by atoms with Gasteiger partial charge in [0.1, 0.15) is 18.8 Å². The first-order valence-electron chi connectivity index (χ1n) is 10.4. The van der Waals surface area contributed by atoms with Crippen molar-refractivity contribution in [1.29, 1.82) is 0 Å². The van der Waals surface area contributed by atoms with Crippen molar-refractivity contribution in [2.24, 2.45) is 5.92 Å². The summed E-state index contributed by atoms with van der Waals surface area (Å²) in [6.45, 7) is 5.50. The van der Waals surface area contributed by atoms with E-state index in [9.17, 15) is 5.11 Å². The molecule has 27 heavy (non-hydrogen) atoms. The van der Waals surface area contributed by atoms with Crippen molar-refractivity contribution < 1.29 is 15.2 Å². The Morgan fingerprint density at radius 2 is 1.67 bits per heavy atom. The highest BCUT2D eigenvalue weighted by Crippen LogP contribution is 2.26. The molecular formula is C24H34NO2+. The molecule has 0 spiro atoms. The Bertz CT molecular complexity index is 671. The number of aliphatic hydroxyl groups excluding tert-OH is 1. The number of hydrogen-bond donors (Lipinski definition) is 2. The maximum absolute atomic E-state index is 10.5. The van der Waals surface area contributed by atoms with E-state index in [0.717, 1.165) is 17.0 Å². The molecule has 0 radical (unpaired) electrons. The number of nitrogens with two attached hydrogens (primary N) is 1. The fourth-order valence-corrected chi connectivity index (χ4v) is 4.06. The quantitative estimate of drug-likeness (QED) is 0.748. The van der Waals surface area contributed by atoms with Gasteiger partial charge in [0, 0.05) is 5.92 Å². The maximum atomic E-state index is 10.5. The van der Waals surface area contributed by atoms with E-state index >= 15 is 0 Å². The highest BCUT2D eigenvalue weighted by atomic mass is 16.5. The Kier molecular flexibility index (Phi) is 7.45. The fourth-order valence-electron chi connectivity index (χ4n) is 4.06. The largest absolute Gasteiger partial charge is 0.385 e. The van der Waals surface area contributed by atoms with E-state index in [4.69, 9.17) is 4.74 Å². The zero-order chi connectivity index (χ0) is 19.1. The first-order valence-corrected chi connectivity index (χ1v) is 10.4. The van der Waals surface area contributed by atoms with Gasteiger partial charge in [-0.15, -0.1) is 0 Å². The van der Waals surface area contributed by atoms with Crippen molar-refractivity contribution in [3.8, 4) is 0 Å². The van der Waals surface area contributed by atoms with Crippen molar-refractivity contribution >= 4 is 0 Å². The first-order chi connectivity index (χ1) is 13.1. The molecule has 0 saturated heterocycles. The topological polar surface area (TPSA) is 46.1 Å². The third kappa shape index (κ3) is 5.90. The lowest BCUT2D eigenvalue weighted by Crippen LogP contribution is -2.93. The van der Waals surface area contributed by atoms with E-state index in [1.54, 1.807) is 0 Å². The first kappa shape index (κ1) is 20.1. The molecule has 2 aromatic rings. The molecule has 1 saturated carbocycles. The minimum absolute atomic E-state index is 0.143. The molecule has 4 atom stereocenters. The van der Waals surface area contributed by atoms with Gasteiger partial charge in [0.25, 0.3) is 0 Å². The number of ether oxygens (including phenoxy) is 1. The van der Waals surface area contributed by atoms with E-state index in [1.165, 1.54) is 31.2 Å². The van der Waals surface area contributed by atoms with Gasteiger partial charge in [-0.25, -0.2) is 0 Å². The Morgan fingerprint density at radius 1 is 1.00 bits per heavy atom. The van der Waals surface area contributed by atoms with Crippen LogP contribution in [0.25, 0.3) is 0 Å². The summed E-state index contributed by atoms with van der Waals surface area (Å²) in [4.78, 5) is 0. The molecule has 3 N–H and O–H groups in total. The van der Waals surface area contributed by atoms with Gasteiger partial charge in [-0.3, -0.25) is 0 Å². The lowest BCUT2D eigenvalue weighted by Gasteiger charge is -2.27. The molecule has 1 aliphatic carbocycles. The second kappa shape index (κ2) is 10.0. The number of aryl methyl sites for hydroxylation is 1. The number of aliphatic hydroxyl groups is 1. The number of benzene rings is 2. The van der Waals surface area contributed by atoms with Gasteiger partial charge in [0.05, 0.1) is 12.6 Å². The average Bonchev–Trinajstić information content (AvgIpc) is 2.69. The monoisotopic (exact) mass is 368 g/mol. The Labute approximate surface area is 163 Å². The summed E-state index contributed by atoms with van der Waals surface area (Å²) in [5.41, 5.74) is 3.49. The van der Waals surface area contributed by atoms with Gasteiger partial charge < -0.3 is 15.2 Å². The molecule has 3 rings (SSSR count).